The van der Waals surface area contributed by atoms with Crippen molar-refractivity contribution in [3.05, 3.63) is 11.1 Å². The van der Waals surface area contributed by atoms with Gasteiger partial charge in [0.1, 0.15) is 0 Å². The Morgan fingerprint density at radius 2 is 2.56 bits per heavy atom. The van der Waals surface area contributed by atoms with Crippen molar-refractivity contribution in [2.75, 3.05) is 31.7 Å². The second-order valence-electron chi connectivity index (χ2n) is 3.60. The van der Waals surface area contributed by atoms with Crippen LogP contribution < -0.4 is 4.90 Å². The summed E-state index contributed by atoms with van der Waals surface area (Å²) in [5.41, 5.74) is 1.00. The van der Waals surface area contributed by atoms with Gasteiger partial charge in [0.05, 0.1) is 26.0 Å². The van der Waals surface area contributed by atoms with Gasteiger partial charge in [-0.1, -0.05) is 0 Å². The van der Waals surface area contributed by atoms with Gasteiger partial charge in [-0.3, -0.25) is 0 Å². The molecule has 1 aliphatic heterocycles. The highest BCUT2D eigenvalue weighted by molar-refractivity contribution is 7.13. The molecule has 0 N–H and O–H groups in total. The number of nitrogens with zero attached hydrogens (tertiary/aromatic N) is 2. The molecule has 16 heavy (non-hydrogen) atoms. The van der Waals surface area contributed by atoms with Crippen LogP contribution in [0, 0.1) is 6.92 Å². The SMILES string of the molecule is COC(=O)C1CN(c2nc(C)cs2)CCO1. The molecule has 0 bridgehead atoms. The number of carbonyl (C=O) groups excluding carboxylic acids is 1. The lowest BCUT2D eigenvalue weighted by atomic mass is 10.3. The first kappa shape index (κ1) is 11.3. The Bertz CT molecular complexity index is 380. The summed E-state index contributed by atoms with van der Waals surface area (Å²) in [6.45, 7) is 3.76. The van der Waals surface area contributed by atoms with E-state index in [-0.39, 0.29) is 5.97 Å². The van der Waals surface area contributed by atoms with Crippen LogP contribution in [0.1, 0.15) is 5.69 Å². The molecule has 1 atom stereocenters. The van der Waals surface area contributed by atoms with Gasteiger partial charge in [0, 0.05) is 11.9 Å². The zero-order valence-electron chi connectivity index (χ0n) is 9.30. The third kappa shape index (κ3) is 2.33. The summed E-state index contributed by atoms with van der Waals surface area (Å²) < 4.78 is 10.0. The highest BCUT2D eigenvalue weighted by atomic mass is 32.1. The fourth-order valence-electron chi connectivity index (χ4n) is 1.58. The summed E-state index contributed by atoms with van der Waals surface area (Å²) in [5, 5.41) is 2.94. The van der Waals surface area contributed by atoms with Gasteiger partial charge < -0.3 is 14.4 Å². The molecule has 1 fully saturated rings. The maximum atomic E-state index is 11.4. The first-order valence-corrected chi connectivity index (χ1v) is 5.95. The maximum Gasteiger partial charge on any atom is 0.336 e. The predicted molar refractivity (Wildman–Crippen MR) is 60.8 cm³/mol. The first-order chi connectivity index (χ1) is 7.70. The van der Waals surface area contributed by atoms with Gasteiger partial charge in [0.2, 0.25) is 0 Å². The Morgan fingerprint density at radius 3 is 3.19 bits per heavy atom. The van der Waals surface area contributed by atoms with E-state index in [1.54, 1.807) is 11.3 Å². The number of methoxy groups -OCH3 is 1. The van der Waals surface area contributed by atoms with E-state index >= 15 is 0 Å². The van der Waals surface area contributed by atoms with E-state index in [2.05, 4.69) is 14.6 Å². The number of thiazole rings is 1. The average Bonchev–Trinajstić information content (AvgIpc) is 2.75. The molecule has 88 valence electrons. The Labute approximate surface area is 98.0 Å². The molecule has 2 heterocycles. The van der Waals surface area contributed by atoms with Crippen LogP contribution in [0.2, 0.25) is 0 Å². The standard InChI is InChI=1S/C10H14N2O3S/c1-7-6-16-10(11-7)12-3-4-15-8(5-12)9(13)14-2/h6,8H,3-5H2,1-2H3. The van der Waals surface area contributed by atoms with Gasteiger partial charge in [0.25, 0.3) is 0 Å². The lowest BCUT2D eigenvalue weighted by Gasteiger charge is -2.31. The monoisotopic (exact) mass is 242 g/mol. The van der Waals surface area contributed by atoms with Gasteiger partial charge in [-0.05, 0) is 6.92 Å². The predicted octanol–water partition coefficient (Wildman–Crippen LogP) is 0.830. The highest BCUT2D eigenvalue weighted by Crippen LogP contribution is 2.22. The fourth-order valence-corrected chi connectivity index (χ4v) is 2.42. The van der Waals surface area contributed by atoms with Gasteiger partial charge in [-0.2, -0.15) is 0 Å². The summed E-state index contributed by atoms with van der Waals surface area (Å²) in [6, 6.07) is 0. The van der Waals surface area contributed by atoms with E-state index in [1.807, 2.05) is 12.3 Å². The van der Waals surface area contributed by atoms with E-state index in [4.69, 9.17) is 4.74 Å². The highest BCUT2D eigenvalue weighted by Gasteiger charge is 2.28. The average molecular weight is 242 g/mol. The number of esters is 1. The van der Waals surface area contributed by atoms with Crippen LogP contribution in [0.25, 0.3) is 0 Å². The largest absolute Gasteiger partial charge is 0.467 e. The van der Waals surface area contributed by atoms with Crippen molar-refractivity contribution in [3.8, 4) is 0 Å². The van der Waals surface area contributed by atoms with Crippen LogP contribution in [0.4, 0.5) is 5.13 Å². The zero-order chi connectivity index (χ0) is 11.5. The van der Waals surface area contributed by atoms with Gasteiger partial charge in [0.15, 0.2) is 11.2 Å². The molecule has 2 rings (SSSR count). The van der Waals surface area contributed by atoms with Gasteiger partial charge >= 0.3 is 5.97 Å². The van der Waals surface area contributed by atoms with Crippen LogP contribution in [0.15, 0.2) is 5.38 Å². The molecule has 0 radical (unpaired) electrons. The molecular formula is C10H14N2O3S. The molecule has 0 spiro atoms. The summed E-state index contributed by atoms with van der Waals surface area (Å²) in [7, 11) is 1.37. The summed E-state index contributed by atoms with van der Waals surface area (Å²) in [5.74, 6) is -0.321. The molecule has 0 saturated carbocycles. The molecular weight excluding hydrogens is 228 g/mol. The number of morpholine rings is 1. The van der Waals surface area contributed by atoms with E-state index < -0.39 is 6.10 Å². The quantitative estimate of drug-likeness (QED) is 0.719. The van der Waals surface area contributed by atoms with Crippen molar-refractivity contribution < 1.29 is 14.3 Å². The second-order valence-corrected chi connectivity index (χ2v) is 4.44. The van der Waals surface area contributed by atoms with Gasteiger partial charge in [-0.15, -0.1) is 11.3 Å². The molecule has 0 amide bonds. The molecule has 0 aromatic carbocycles. The molecule has 1 saturated heterocycles. The molecule has 0 aliphatic carbocycles. The van der Waals surface area contributed by atoms with Crippen molar-refractivity contribution in [1.82, 2.24) is 4.98 Å². The number of anilines is 1. The summed E-state index contributed by atoms with van der Waals surface area (Å²) >= 11 is 1.58. The van der Waals surface area contributed by atoms with Crippen molar-refractivity contribution in [3.63, 3.8) is 0 Å². The Kier molecular flexibility index (Phi) is 3.40. The van der Waals surface area contributed by atoms with E-state index in [0.717, 1.165) is 17.4 Å². The van der Waals surface area contributed by atoms with Crippen LogP contribution >= 0.6 is 11.3 Å². The van der Waals surface area contributed by atoms with Crippen molar-refractivity contribution in [2.45, 2.75) is 13.0 Å². The fraction of sp³-hybridized carbons (Fsp3) is 0.600. The molecule has 1 unspecified atom stereocenters. The number of hydrogen-bond donors (Lipinski definition) is 0. The third-order valence-corrected chi connectivity index (χ3v) is 3.43. The van der Waals surface area contributed by atoms with E-state index in [1.165, 1.54) is 7.11 Å². The van der Waals surface area contributed by atoms with Crippen molar-refractivity contribution in [2.24, 2.45) is 0 Å². The lowest BCUT2D eigenvalue weighted by molar-refractivity contribution is -0.154. The topological polar surface area (TPSA) is 51.7 Å². The molecule has 6 heteroatoms. The first-order valence-electron chi connectivity index (χ1n) is 5.07. The van der Waals surface area contributed by atoms with Crippen LogP contribution in [-0.4, -0.2) is 43.9 Å². The number of aromatic nitrogens is 1. The number of hydrogen-bond acceptors (Lipinski definition) is 6. The van der Waals surface area contributed by atoms with Crippen LogP contribution in [0.5, 0.6) is 0 Å². The number of ether oxygens (including phenoxy) is 2. The number of carbonyl (C=O) groups is 1. The van der Waals surface area contributed by atoms with Crippen molar-refractivity contribution in [1.29, 1.82) is 0 Å². The maximum absolute atomic E-state index is 11.4. The zero-order valence-corrected chi connectivity index (χ0v) is 10.1. The molecule has 1 aromatic rings. The lowest BCUT2D eigenvalue weighted by Crippen LogP contribution is -2.46. The number of aryl methyl sites for hydroxylation is 1. The summed E-state index contributed by atoms with van der Waals surface area (Å²) in [6.07, 6.45) is -0.497. The minimum absolute atomic E-state index is 0.321. The summed E-state index contributed by atoms with van der Waals surface area (Å²) in [4.78, 5) is 17.8. The minimum Gasteiger partial charge on any atom is -0.467 e. The van der Waals surface area contributed by atoms with E-state index in [9.17, 15) is 4.79 Å². The Hall–Kier alpha value is -1.14. The van der Waals surface area contributed by atoms with E-state index in [0.29, 0.717) is 13.2 Å². The normalized spacial score (nSPS) is 20.9. The van der Waals surface area contributed by atoms with Gasteiger partial charge in [-0.25, -0.2) is 9.78 Å². The second kappa shape index (κ2) is 4.80. The Balaban J connectivity index is 2.04. The third-order valence-electron chi connectivity index (χ3n) is 2.41. The van der Waals surface area contributed by atoms with Crippen LogP contribution in [-0.2, 0) is 14.3 Å². The number of rotatable bonds is 2. The molecule has 1 aromatic heterocycles. The Morgan fingerprint density at radius 1 is 1.75 bits per heavy atom. The van der Waals surface area contributed by atoms with Crippen LogP contribution in [0.3, 0.4) is 0 Å². The smallest absolute Gasteiger partial charge is 0.336 e. The molecule has 1 aliphatic rings. The minimum atomic E-state index is -0.497. The molecule has 5 nitrogen and oxygen atoms in total. The van der Waals surface area contributed by atoms with Crippen molar-refractivity contribution >= 4 is 22.4 Å².